The van der Waals surface area contributed by atoms with Crippen LogP contribution in [-0.4, -0.2) is 48.8 Å². The molecule has 7 nitrogen and oxygen atoms in total. The highest BCUT2D eigenvalue weighted by Gasteiger charge is 2.32. The Morgan fingerprint density at radius 2 is 1.72 bits per heavy atom. The van der Waals surface area contributed by atoms with Gasteiger partial charge in [0.05, 0.1) is 36.5 Å². The van der Waals surface area contributed by atoms with Crippen molar-refractivity contribution in [3.63, 3.8) is 0 Å². The summed E-state index contributed by atoms with van der Waals surface area (Å²) in [6, 6.07) is 12.4. The van der Waals surface area contributed by atoms with E-state index in [2.05, 4.69) is 4.99 Å². The number of nitrogens with zero attached hydrogens (tertiary/aromatic N) is 2. The van der Waals surface area contributed by atoms with Crippen LogP contribution in [0.15, 0.2) is 52.4 Å². The van der Waals surface area contributed by atoms with Crippen LogP contribution in [0.2, 0.25) is 0 Å². The van der Waals surface area contributed by atoms with Gasteiger partial charge >= 0.3 is 5.97 Å². The Labute approximate surface area is 192 Å². The van der Waals surface area contributed by atoms with E-state index in [1.807, 2.05) is 45.0 Å². The van der Waals surface area contributed by atoms with Crippen LogP contribution in [0.5, 0.6) is 11.5 Å². The van der Waals surface area contributed by atoms with Crippen molar-refractivity contribution in [2.75, 3.05) is 26.9 Å². The summed E-state index contributed by atoms with van der Waals surface area (Å²) in [4.78, 5) is 31.4. The number of carbonyl (C=O) groups excluding carboxylic acids is 2. The van der Waals surface area contributed by atoms with E-state index in [0.29, 0.717) is 52.6 Å². The predicted octanol–water partition coefficient (Wildman–Crippen LogP) is 4.89. The normalized spacial score (nSPS) is 16.0. The minimum Gasteiger partial charge on any atom is -0.490 e. The molecule has 1 aliphatic heterocycles. The van der Waals surface area contributed by atoms with Crippen LogP contribution in [0, 0.1) is 0 Å². The second-order valence-corrected chi connectivity index (χ2v) is 7.67. The first kappa shape index (κ1) is 23.4. The minimum absolute atomic E-state index is 0.103. The molecule has 1 heterocycles. The second kappa shape index (κ2) is 10.9. The smallest absolute Gasteiger partial charge is 0.337 e. The molecular formula is C24H26N2O5S. The molecule has 1 fully saturated rings. The Kier molecular flexibility index (Phi) is 7.94. The maximum absolute atomic E-state index is 12.9. The van der Waals surface area contributed by atoms with E-state index in [1.165, 1.54) is 18.9 Å². The maximum Gasteiger partial charge on any atom is 0.337 e. The first-order chi connectivity index (χ1) is 15.5. The number of esters is 1. The zero-order valence-corrected chi connectivity index (χ0v) is 19.4. The lowest BCUT2D eigenvalue weighted by atomic mass is 10.2. The van der Waals surface area contributed by atoms with Crippen LogP contribution in [-0.2, 0) is 9.53 Å². The third-order valence-corrected chi connectivity index (χ3v) is 5.59. The van der Waals surface area contributed by atoms with E-state index < -0.39 is 5.97 Å². The molecule has 0 radical (unpaired) electrons. The number of carbonyl (C=O) groups is 2. The first-order valence-electron chi connectivity index (χ1n) is 10.4. The highest BCUT2D eigenvalue weighted by atomic mass is 32.2. The number of likely N-dealkylation sites (N-methyl/N-ethyl adjacent to an activating group) is 1. The van der Waals surface area contributed by atoms with E-state index in [1.54, 1.807) is 29.2 Å². The highest BCUT2D eigenvalue weighted by molar-refractivity contribution is 8.18. The van der Waals surface area contributed by atoms with Crippen LogP contribution in [0.4, 0.5) is 5.69 Å². The molecule has 2 aromatic rings. The molecule has 0 unspecified atom stereocenters. The van der Waals surface area contributed by atoms with E-state index >= 15 is 0 Å². The largest absolute Gasteiger partial charge is 0.490 e. The van der Waals surface area contributed by atoms with Gasteiger partial charge < -0.3 is 14.2 Å². The molecule has 1 saturated heterocycles. The monoisotopic (exact) mass is 454 g/mol. The summed E-state index contributed by atoms with van der Waals surface area (Å²) >= 11 is 1.31. The third kappa shape index (κ3) is 5.31. The zero-order valence-electron chi connectivity index (χ0n) is 18.6. The lowest BCUT2D eigenvalue weighted by Crippen LogP contribution is -2.28. The number of benzene rings is 2. The summed E-state index contributed by atoms with van der Waals surface area (Å²) < 4.78 is 16.0. The van der Waals surface area contributed by atoms with E-state index in [-0.39, 0.29) is 5.91 Å². The molecule has 0 aromatic heterocycles. The number of amidine groups is 1. The Balaban J connectivity index is 1.87. The zero-order chi connectivity index (χ0) is 23.1. The van der Waals surface area contributed by atoms with Gasteiger partial charge in [0.15, 0.2) is 16.7 Å². The fraction of sp³-hybridized carbons (Fsp3) is 0.292. The number of amides is 1. The Morgan fingerprint density at radius 1 is 1.03 bits per heavy atom. The van der Waals surface area contributed by atoms with Crippen molar-refractivity contribution in [2.24, 2.45) is 4.99 Å². The number of aliphatic imine (C=N–C) groups is 1. The molecule has 3 rings (SSSR count). The summed E-state index contributed by atoms with van der Waals surface area (Å²) in [7, 11) is 1.34. The Hall–Kier alpha value is -3.26. The van der Waals surface area contributed by atoms with Crippen LogP contribution >= 0.6 is 11.8 Å². The van der Waals surface area contributed by atoms with E-state index in [9.17, 15) is 9.59 Å². The lowest BCUT2D eigenvalue weighted by Gasteiger charge is -2.12. The average molecular weight is 455 g/mol. The van der Waals surface area contributed by atoms with Gasteiger partial charge in [-0.1, -0.05) is 6.07 Å². The molecule has 0 bridgehead atoms. The van der Waals surface area contributed by atoms with Crippen molar-refractivity contribution in [3.05, 3.63) is 58.5 Å². The van der Waals surface area contributed by atoms with Crippen LogP contribution in [0.1, 0.15) is 36.7 Å². The van der Waals surface area contributed by atoms with Gasteiger partial charge in [0, 0.05) is 6.54 Å². The Morgan fingerprint density at radius 3 is 2.34 bits per heavy atom. The summed E-state index contributed by atoms with van der Waals surface area (Å²) in [6.45, 7) is 7.29. The van der Waals surface area contributed by atoms with Crippen LogP contribution < -0.4 is 9.47 Å². The van der Waals surface area contributed by atoms with Gasteiger partial charge in [0.2, 0.25) is 0 Å². The molecule has 8 heteroatoms. The highest BCUT2D eigenvalue weighted by Crippen LogP contribution is 2.36. The van der Waals surface area contributed by atoms with Crippen molar-refractivity contribution in [2.45, 2.75) is 20.8 Å². The summed E-state index contributed by atoms with van der Waals surface area (Å²) in [5, 5.41) is 0.588. The molecule has 1 aliphatic rings. The van der Waals surface area contributed by atoms with Crippen LogP contribution in [0.3, 0.4) is 0 Å². The first-order valence-corrected chi connectivity index (χ1v) is 11.2. The number of thioether (sulfide) groups is 1. The van der Waals surface area contributed by atoms with E-state index in [4.69, 9.17) is 14.2 Å². The topological polar surface area (TPSA) is 77.4 Å². The Bertz CT molecular complexity index is 1050. The fourth-order valence-corrected chi connectivity index (χ4v) is 4.14. The van der Waals surface area contributed by atoms with Crippen molar-refractivity contribution in [1.82, 2.24) is 4.90 Å². The SMILES string of the molecule is CCOc1ccc(/C=C2/SC(=Nc3ccc(C(=O)OC)cc3)N(CC)C2=O)cc1OCC. The molecule has 0 N–H and O–H groups in total. The fourth-order valence-electron chi connectivity index (χ4n) is 3.08. The minimum atomic E-state index is -0.406. The van der Waals surface area contributed by atoms with Crippen molar-refractivity contribution in [1.29, 1.82) is 0 Å². The van der Waals surface area contributed by atoms with Crippen molar-refractivity contribution >= 4 is 40.6 Å². The van der Waals surface area contributed by atoms with Gasteiger partial charge in [-0.3, -0.25) is 9.69 Å². The summed E-state index contributed by atoms with van der Waals surface area (Å²) in [5.74, 6) is 0.812. The van der Waals surface area contributed by atoms with Crippen molar-refractivity contribution < 1.29 is 23.8 Å². The molecule has 2 aromatic carbocycles. The number of rotatable bonds is 8. The van der Waals surface area contributed by atoms with Gasteiger partial charge in [-0.15, -0.1) is 0 Å². The molecule has 0 saturated carbocycles. The van der Waals surface area contributed by atoms with Gasteiger partial charge in [0.1, 0.15) is 0 Å². The third-order valence-electron chi connectivity index (χ3n) is 4.58. The van der Waals surface area contributed by atoms with E-state index in [0.717, 1.165) is 5.56 Å². The quantitative estimate of drug-likeness (QED) is 0.417. The second-order valence-electron chi connectivity index (χ2n) is 6.67. The predicted molar refractivity (Wildman–Crippen MR) is 127 cm³/mol. The molecule has 0 spiro atoms. The average Bonchev–Trinajstić information content (AvgIpc) is 3.09. The van der Waals surface area contributed by atoms with Gasteiger partial charge in [-0.25, -0.2) is 9.79 Å². The molecule has 32 heavy (non-hydrogen) atoms. The number of hydrogen-bond donors (Lipinski definition) is 0. The molecule has 0 atom stereocenters. The molecular weight excluding hydrogens is 428 g/mol. The van der Waals surface area contributed by atoms with Gasteiger partial charge in [-0.2, -0.15) is 0 Å². The van der Waals surface area contributed by atoms with Gasteiger partial charge in [-0.05, 0) is 80.6 Å². The summed E-state index contributed by atoms with van der Waals surface area (Å²) in [6.07, 6.45) is 1.83. The van der Waals surface area contributed by atoms with Crippen LogP contribution in [0.25, 0.3) is 6.08 Å². The molecule has 168 valence electrons. The number of hydrogen-bond acceptors (Lipinski definition) is 7. The standard InChI is InChI=1S/C24H26N2O5S/c1-5-26-22(27)21(15-16-8-13-19(30-6-2)20(14-16)31-7-3)32-24(26)25-18-11-9-17(10-12-18)23(28)29-4/h8-15H,5-7H2,1-4H3/b21-15+,25-24?. The lowest BCUT2D eigenvalue weighted by molar-refractivity contribution is -0.122. The molecule has 1 amide bonds. The van der Waals surface area contributed by atoms with Crippen molar-refractivity contribution in [3.8, 4) is 11.5 Å². The summed E-state index contributed by atoms with van der Waals surface area (Å²) in [5.41, 5.74) is 1.93. The number of methoxy groups -OCH3 is 1. The van der Waals surface area contributed by atoms with Gasteiger partial charge in [0.25, 0.3) is 5.91 Å². The maximum atomic E-state index is 12.9. The molecule has 0 aliphatic carbocycles. The number of ether oxygens (including phenoxy) is 3.